The van der Waals surface area contributed by atoms with E-state index in [4.69, 9.17) is 9.84 Å². The number of carboxylic acids is 1. The molecule has 1 amide bonds. The van der Waals surface area contributed by atoms with Gasteiger partial charge in [-0.2, -0.15) is 13.2 Å². The molecule has 23 heavy (non-hydrogen) atoms. The topological polar surface area (TPSA) is 66.8 Å². The number of amides is 1. The van der Waals surface area contributed by atoms with Crippen LogP contribution in [0.5, 0.6) is 0 Å². The van der Waals surface area contributed by atoms with Gasteiger partial charge in [-0.25, -0.2) is 9.59 Å². The van der Waals surface area contributed by atoms with Gasteiger partial charge in [0.25, 0.3) is 0 Å². The smallest absolute Gasteiger partial charge is 0.410 e. The van der Waals surface area contributed by atoms with E-state index in [0.717, 1.165) is 0 Å². The summed E-state index contributed by atoms with van der Waals surface area (Å²) in [5, 5.41) is 9.10. The fraction of sp³-hybridized carbons (Fsp3) is 0.467. The number of benzene rings is 1. The van der Waals surface area contributed by atoms with Crippen molar-refractivity contribution in [1.82, 2.24) is 4.90 Å². The molecule has 1 N–H and O–H groups in total. The van der Waals surface area contributed by atoms with Crippen molar-refractivity contribution in [3.8, 4) is 0 Å². The maximum absolute atomic E-state index is 12.8. The maximum atomic E-state index is 12.8. The van der Waals surface area contributed by atoms with Gasteiger partial charge >= 0.3 is 18.2 Å². The molecule has 8 heteroatoms. The molecule has 126 valence electrons. The molecule has 0 spiro atoms. The zero-order chi connectivity index (χ0) is 17.0. The molecule has 1 aromatic carbocycles. The number of carbonyl (C=O) groups is 2. The van der Waals surface area contributed by atoms with Crippen molar-refractivity contribution in [2.75, 3.05) is 6.54 Å². The Bertz CT molecular complexity index is 562. The highest BCUT2D eigenvalue weighted by Crippen LogP contribution is 2.35. The zero-order valence-electron chi connectivity index (χ0n) is 12.1. The summed E-state index contributed by atoms with van der Waals surface area (Å²) in [6.07, 6.45) is -6.08. The summed E-state index contributed by atoms with van der Waals surface area (Å²) in [5.74, 6) is -3.07. The first-order valence-corrected chi connectivity index (χ1v) is 7.06. The summed E-state index contributed by atoms with van der Waals surface area (Å²) in [7, 11) is 0. The number of nitrogens with zero attached hydrogens (tertiary/aromatic N) is 1. The predicted octanol–water partition coefficient (Wildman–Crippen LogP) is 3.05. The molecule has 2 rings (SSSR count). The van der Waals surface area contributed by atoms with Crippen molar-refractivity contribution < 1.29 is 32.6 Å². The van der Waals surface area contributed by atoms with Crippen molar-refractivity contribution in [1.29, 1.82) is 0 Å². The normalized spacial score (nSPS) is 21.8. The fourth-order valence-electron chi connectivity index (χ4n) is 2.50. The summed E-state index contributed by atoms with van der Waals surface area (Å²) >= 11 is 0. The van der Waals surface area contributed by atoms with Gasteiger partial charge < -0.3 is 9.84 Å². The highest BCUT2D eigenvalue weighted by molar-refractivity contribution is 5.80. The quantitative estimate of drug-likeness (QED) is 0.924. The lowest BCUT2D eigenvalue weighted by molar-refractivity contribution is -0.191. The summed E-state index contributed by atoms with van der Waals surface area (Å²) in [6.45, 7) is -0.826. The van der Waals surface area contributed by atoms with Crippen LogP contribution in [0, 0.1) is 5.92 Å². The van der Waals surface area contributed by atoms with Gasteiger partial charge in [-0.05, 0) is 18.4 Å². The van der Waals surface area contributed by atoms with Crippen LogP contribution in [0.1, 0.15) is 18.4 Å². The minimum Gasteiger partial charge on any atom is -0.480 e. The van der Waals surface area contributed by atoms with Gasteiger partial charge in [0.15, 0.2) is 0 Å². The fourth-order valence-corrected chi connectivity index (χ4v) is 2.50. The number of hydrogen-bond donors (Lipinski definition) is 1. The third-order valence-electron chi connectivity index (χ3n) is 3.77. The standard InChI is InChI=1S/C15H16F3NO4/c16-15(17,18)11-6-7-12(13(20)21)19(8-11)14(22)23-9-10-4-2-1-3-5-10/h1-5,11-12H,6-9H2,(H,20,21)/t11-,12-/m1/s1. The first kappa shape index (κ1) is 17.1. The van der Waals surface area contributed by atoms with Gasteiger partial charge in [-0.1, -0.05) is 30.3 Å². The van der Waals surface area contributed by atoms with E-state index in [1.807, 2.05) is 0 Å². The van der Waals surface area contributed by atoms with Gasteiger partial charge in [-0.15, -0.1) is 0 Å². The molecular weight excluding hydrogens is 315 g/mol. The number of carbonyl (C=O) groups excluding carboxylic acids is 1. The van der Waals surface area contributed by atoms with Crippen LogP contribution in [-0.2, 0) is 16.1 Å². The van der Waals surface area contributed by atoms with Gasteiger partial charge in [-0.3, -0.25) is 4.90 Å². The molecule has 0 aromatic heterocycles. The number of ether oxygens (including phenoxy) is 1. The van der Waals surface area contributed by atoms with E-state index >= 15 is 0 Å². The zero-order valence-corrected chi connectivity index (χ0v) is 12.1. The van der Waals surface area contributed by atoms with Crippen molar-refractivity contribution >= 4 is 12.1 Å². The second-order valence-corrected chi connectivity index (χ2v) is 5.36. The highest BCUT2D eigenvalue weighted by atomic mass is 19.4. The van der Waals surface area contributed by atoms with Crippen LogP contribution in [0.3, 0.4) is 0 Å². The molecule has 1 fully saturated rings. The minimum absolute atomic E-state index is 0.126. The molecule has 1 saturated heterocycles. The van der Waals surface area contributed by atoms with E-state index in [1.54, 1.807) is 30.3 Å². The van der Waals surface area contributed by atoms with Crippen LogP contribution in [0.4, 0.5) is 18.0 Å². The molecular formula is C15H16F3NO4. The lowest BCUT2D eigenvalue weighted by Gasteiger charge is -2.37. The molecule has 1 aliphatic heterocycles. The number of aliphatic carboxylic acids is 1. The SMILES string of the molecule is O=C(O)[C@H]1CC[C@@H](C(F)(F)F)CN1C(=O)OCc1ccccc1. The number of halogens is 3. The van der Waals surface area contributed by atoms with Gasteiger partial charge in [0.2, 0.25) is 0 Å². The molecule has 0 bridgehead atoms. The summed E-state index contributed by atoms with van der Waals surface area (Å²) in [6, 6.07) is 7.31. The largest absolute Gasteiger partial charge is 0.480 e. The number of rotatable bonds is 3. The van der Waals surface area contributed by atoms with Gasteiger partial charge in [0.05, 0.1) is 5.92 Å². The van der Waals surface area contributed by atoms with Crippen molar-refractivity contribution in [2.24, 2.45) is 5.92 Å². The van der Waals surface area contributed by atoms with Gasteiger partial charge in [0, 0.05) is 6.54 Å². The predicted molar refractivity (Wildman–Crippen MR) is 73.5 cm³/mol. The van der Waals surface area contributed by atoms with E-state index in [2.05, 4.69) is 0 Å². The Balaban J connectivity index is 2.05. The van der Waals surface area contributed by atoms with Crippen LogP contribution >= 0.6 is 0 Å². The average Bonchev–Trinajstić information content (AvgIpc) is 2.52. The molecule has 0 radical (unpaired) electrons. The monoisotopic (exact) mass is 331 g/mol. The van der Waals surface area contributed by atoms with Crippen LogP contribution < -0.4 is 0 Å². The molecule has 1 aliphatic rings. The maximum Gasteiger partial charge on any atom is 0.410 e. The summed E-state index contributed by atoms with van der Waals surface area (Å²) in [5.41, 5.74) is 0.664. The van der Waals surface area contributed by atoms with E-state index in [0.29, 0.717) is 10.5 Å². The first-order chi connectivity index (χ1) is 10.8. The Hall–Kier alpha value is -2.25. The Kier molecular flexibility index (Phi) is 5.12. The van der Waals surface area contributed by atoms with E-state index < -0.39 is 36.7 Å². The number of hydrogen-bond acceptors (Lipinski definition) is 3. The van der Waals surface area contributed by atoms with Crippen LogP contribution in [0.2, 0.25) is 0 Å². The van der Waals surface area contributed by atoms with Crippen LogP contribution in [0.15, 0.2) is 30.3 Å². The number of likely N-dealkylation sites (tertiary alicyclic amines) is 1. The second kappa shape index (κ2) is 6.89. The molecule has 5 nitrogen and oxygen atoms in total. The Labute approximate surface area is 130 Å². The molecule has 0 unspecified atom stereocenters. The Morgan fingerprint density at radius 2 is 1.87 bits per heavy atom. The van der Waals surface area contributed by atoms with E-state index in [-0.39, 0.29) is 19.4 Å². The van der Waals surface area contributed by atoms with Crippen molar-refractivity contribution in [3.05, 3.63) is 35.9 Å². The Morgan fingerprint density at radius 1 is 1.22 bits per heavy atom. The summed E-state index contributed by atoms with van der Waals surface area (Å²) in [4.78, 5) is 23.9. The second-order valence-electron chi connectivity index (χ2n) is 5.36. The molecule has 0 saturated carbocycles. The van der Waals surface area contributed by atoms with E-state index in [9.17, 15) is 22.8 Å². The van der Waals surface area contributed by atoms with Crippen molar-refractivity contribution in [2.45, 2.75) is 31.7 Å². The number of carboxylic acid groups (broad SMARTS) is 1. The average molecular weight is 331 g/mol. The highest BCUT2D eigenvalue weighted by Gasteiger charge is 2.47. The Morgan fingerprint density at radius 3 is 2.43 bits per heavy atom. The summed E-state index contributed by atoms with van der Waals surface area (Å²) < 4.78 is 43.5. The molecule has 1 aromatic rings. The molecule has 2 atom stereocenters. The number of alkyl halides is 3. The molecule has 0 aliphatic carbocycles. The third-order valence-corrected chi connectivity index (χ3v) is 3.77. The first-order valence-electron chi connectivity index (χ1n) is 7.06. The lowest BCUT2D eigenvalue weighted by Crippen LogP contribution is -2.53. The van der Waals surface area contributed by atoms with E-state index in [1.165, 1.54) is 0 Å². The van der Waals surface area contributed by atoms with Gasteiger partial charge in [0.1, 0.15) is 12.6 Å². The number of piperidine rings is 1. The minimum atomic E-state index is -4.47. The van der Waals surface area contributed by atoms with Crippen LogP contribution in [0.25, 0.3) is 0 Å². The lowest BCUT2D eigenvalue weighted by atomic mass is 9.92. The van der Waals surface area contributed by atoms with Crippen molar-refractivity contribution in [3.63, 3.8) is 0 Å². The van der Waals surface area contributed by atoms with Crippen LogP contribution in [-0.4, -0.2) is 40.8 Å². The molecule has 1 heterocycles. The third kappa shape index (κ3) is 4.37.